The van der Waals surface area contributed by atoms with Crippen LogP contribution in [0, 0.1) is 11.8 Å². The van der Waals surface area contributed by atoms with Crippen LogP contribution in [0.2, 0.25) is 0 Å². The Morgan fingerprint density at radius 3 is 2.59 bits per heavy atom. The fourth-order valence-corrected chi connectivity index (χ4v) is 2.57. The number of hydrogen-bond acceptors (Lipinski definition) is 2. The van der Waals surface area contributed by atoms with E-state index in [4.69, 9.17) is 0 Å². The molecule has 0 aliphatic rings. The van der Waals surface area contributed by atoms with Gasteiger partial charge < -0.3 is 9.88 Å². The van der Waals surface area contributed by atoms with E-state index < -0.39 is 0 Å². The lowest BCUT2D eigenvalue weighted by molar-refractivity contribution is -0.126. The molecule has 4 nitrogen and oxygen atoms in total. The van der Waals surface area contributed by atoms with Gasteiger partial charge in [-0.2, -0.15) is 0 Å². The normalized spacial score (nSPS) is 12.4. The molecule has 2 aromatic rings. The van der Waals surface area contributed by atoms with Crippen LogP contribution in [0.4, 0.5) is 0 Å². The van der Waals surface area contributed by atoms with E-state index in [1.165, 1.54) is 5.56 Å². The van der Waals surface area contributed by atoms with E-state index in [2.05, 4.69) is 36.3 Å². The second-order valence-corrected chi connectivity index (χ2v) is 6.04. The van der Waals surface area contributed by atoms with Crippen LogP contribution in [0.15, 0.2) is 42.7 Å². The van der Waals surface area contributed by atoms with Crippen molar-refractivity contribution in [1.29, 1.82) is 0 Å². The van der Waals surface area contributed by atoms with E-state index in [9.17, 15) is 4.79 Å². The van der Waals surface area contributed by atoms with Crippen molar-refractivity contribution in [3.8, 4) is 0 Å². The topological polar surface area (TPSA) is 46.9 Å². The number of aryl methyl sites for hydroxylation is 1. The smallest absolute Gasteiger partial charge is 0.223 e. The van der Waals surface area contributed by atoms with Crippen LogP contribution in [0.25, 0.3) is 0 Å². The summed E-state index contributed by atoms with van der Waals surface area (Å²) in [5.41, 5.74) is 1.21. The summed E-state index contributed by atoms with van der Waals surface area (Å²) < 4.78 is 1.98. The molecule has 0 fully saturated rings. The minimum absolute atomic E-state index is 0.00349. The number of nitrogens with one attached hydrogen (secondary N) is 1. The largest absolute Gasteiger partial charge is 0.355 e. The first-order valence-corrected chi connectivity index (χ1v) is 7.85. The van der Waals surface area contributed by atoms with Gasteiger partial charge in [-0.15, -0.1) is 0 Å². The van der Waals surface area contributed by atoms with Crippen molar-refractivity contribution in [3.05, 3.63) is 54.1 Å². The van der Waals surface area contributed by atoms with Crippen LogP contribution >= 0.6 is 0 Å². The average Bonchev–Trinajstić information content (AvgIpc) is 2.91. The first-order chi connectivity index (χ1) is 10.6. The highest BCUT2D eigenvalue weighted by atomic mass is 16.1. The van der Waals surface area contributed by atoms with Crippen LogP contribution in [0.5, 0.6) is 0 Å². The Hall–Kier alpha value is -2.10. The quantitative estimate of drug-likeness (QED) is 0.854. The monoisotopic (exact) mass is 299 g/mol. The van der Waals surface area contributed by atoms with E-state index in [0.29, 0.717) is 12.5 Å². The lowest BCUT2D eigenvalue weighted by Gasteiger charge is -2.20. The molecule has 1 amide bonds. The van der Waals surface area contributed by atoms with Gasteiger partial charge >= 0.3 is 0 Å². The molecule has 1 unspecified atom stereocenters. The molecule has 22 heavy (non-hydrogen) atoms. The third-order valence-electron chi connectivity index (χ3n) is 4.01. The molecule has 0 aliphatic heterocycles. The maximum absolute atomic E-state index is 12.5. The Kier molecular flexibility index (Phi) is 5.75. The van der Waals surface area contributed by atoms with Gasteiger partial charge in [-0.1, -0.05) is 44.2 Å². The maximum atomic E-state index is 12.5. The number of aromatic nitrogens is 2. The number of benzene rings is 1. The predicted octanol–water partition coefficient (Wildman–Crippen LogP) is 2.59. The minimum Gasteiger partial charge on any atom is -0.355 e. The fraction of sp³-hybridized carbons (Fsp3) is 0.444. The molecule has 1 aromatic heterocycles. The summed E-state index contributed by atoms with van der Waals surface area (Å²) >= 11 is 0. The lowest BCUT2D eigenvalue weighted by atomic mass is 9.88. The third kappa shape index (κ3) is 4.45. The average molecular weight is 299 g/mol. The standard InChI is InChI=1S/C18H25N3O/c1-14(2)16(13-15-7-5-4-6-8-15)18(22)20-10-9-17-19-11-12-21(17)3/h4-8,11-12,14,16H,9-10,13H2,1-3H3,(H,20,22). The zero-order valence-electron chi connectivity index (χ0n) is 13.6. The summed E-state index contributed by atoms with van der Waals surface area (Å²) in [7, 11) is 1.97. The van der Waals surface area contributed by atoms with Gasteiger partial charge in [-0.25, -0.2) is 4.98 Å². The van der Waals surface area contributed by atoms with E-state index in [0.717, 1.165) is 18.7 Å². The summed E-state index contributed by atoms with van der Waals surface area (Å²) in [5.74, 6) is 1.44. The predicted molar refractivity (Wildman–Crippen MR) is 88.4 cm³/mol. The number of carbonyl (C=O) groups excluding carboxylic acids is 1. The highest BCUT2D eigenvalue weighted by Crippen LogP contribution is 2.17. The fourth-order valence-electron chi connectivity index (χ4n) is 2.57. The van der Waals surface area contributed by atoms with Gasteiger partial charge in [-0.05, 0) is 17.9 Å². The Bertz CT molecular complexity index is 589. The van der Waals surface area contributed by atoms with Crippen molar-refractivity contribution < 1.29 is 4.79 Å². The number of nitrogens with zero attached hydrogens (tertiary/aromatic N) is 2. The number of carbonyl (C=O) groups is 1. The molecule has 0 saturated heterocycles. The van der Waals surface area contributed by atoms with E-state index in [1.807, 2.05) is 36.0 Å². The van der Waals surface area contributed by atoms with Crippen LogP contribution in [0.1, 0.15) is 25.2 Å². The van der Waals surface area contributed by atoms with Gasteiger partial charge in [0.05, 0.1) is 0 Å². The summed E-state index contributed by atoms with van der Waals surface area (Å²) in [6.45, 7) is 4.83. The number of rotatable bonds is 7. The zero-order valence-corrected chi connectivity index (χ0v) is 13.6. The molecular weight excluding hydrogens is 274 g/mol. The molecule has 1 aromatic carbocycles. The molecule has 2 rings (SSSR count). The summed E-state index contributed by atoms with van der Waals surface area (Å²) in [6, 6.07) is 10.2. The first-order valence-electron chi connectivity index (χ1n) is 7.85. The van der Waals surface area contributed by atoms with Gasteiger partial charge in [0.1, 0.15) is 5.82 Å². The first kappa shape index (κ1) is 16.3. The summed E-state index contributed by atoms with van der Waals surface area (Å²) in [6.07, 6.45) is 5.24. The minimum atomic E-state index is 0.00349. The Labute approximate surface area is 132 Å². The Balaban J connectivity index is 1.88. The van der Waals surface area contributed by atoms with E-state index >= 15 is 0 Å². The summed E-state index contributed by atoms with van der Waals surface area (Å²) in [5, 5.41) is 3.06. The third-order valence-corrected chi connectivity index (χ3v) is 4.01. The Morgan fingerprint density at radius 2 is 2.00 bits per heavy atom. The van der Waals surface area contributed by atoms with Crippen LogP contribution in [0.3, 0.4) is 0 Å². The summed E-state index contributed by atoms with van der Waals surface area (Å²) in [4.78, 5) is 16.7. The molecule has 0 spiro atoms. The van der Waals surface area contributed by atoms with Gasteiger partial charge in [0.2, 0.25) is 5.91 Å². The van der Waals surface area contributed by atoms with Crippen molar-refractivity contribution in [2.75, 3.05) is 6.54 Å². The second kappa shape index (κ2) is 7.78. The SMILES string of the molecule is CC(C)C(Cc1ccccc1)C(=O)NCCc1nccn1C. The van der Waals surface area contributed by atoms with Gasteiger partial charge in [0.15, 0.2) is 0 Å². The van der Waals surface area contributed by atoms with Crippen molar-refractivity contribution in [2.24, 2.45) is 18.9 Å². The van der Waals surface area contributed by atoms with Crippen LogP contribution in [-0.2, 0) is 24.7 Å². The van der Waals surface area contributed by atoms with Crippen molar-refractivity contribution in [1.82, 2.24) is 14.9 Å². The van der Waals surface area contributed by atoms with E-state index in [1.54, 1.807) is 6.20 Å². The molecule has 1 heterocycles. The highest BCUT2D eigenvalue weighted by molar-refractivity contribution is 5.79. The van der Waals surface area contributed by atoms with Gasteiger partial charge in [-0.3, -0.25) is 4.79 Å². The molecule has 0 bridgehead atoms. The maximum Gasteiger partial charge on any atom is 0.223 e. The molecule has 0 saturated carbocycles. The second-order valence-electron chi connectivity index (χ2n) is 6.04. The molecule has 118 valence electrons. The Morgan fingerprint density at radius 1 is 1.27 bits per heavy atom. The number of amides is 1. The molecule has 1 atom stereocenters. The molecular formula is C18H25N3O. The van der Waals surface area contributed by atoms with Gasteiger partial charge in [0, 0.05) is 38.3 Å². The number of imidazole rings is 1. The highest BCUT2D eigenvalue weighted by Gasteiger charge is 2.22. The van der Waals surface area contributed by atoms with Crippen molar-refractivity contribution in [3.63, 3.8) is 0 Å². The van der Waals surface area contributed by atoms with E-state index in [-0.39, 0.29) is 11.8 Å². The van der Waals surface area contributed by atoms with Crippen molar-refractivity contribution >= 4 is 5.91 Å². The van der Waals surface area contributed by atoms with Crippen LogP contribution < -0.4 is 5.32 Å². The molecule has 0 radical (unpaired) electrons. The molecule has 1 N–H and O–H groups in total. The zero-order chi connectivity index (χ0) is 15.9. The lowest BCUT2D eigenvalue weighted by Crippen LogP contribution is -2.36. The van der Waals surface area contributed by atoms with Crippen LogP contribution in [-0.4, -0.2) is 22.0 Å². The van der Waals surface area contributed by atoms with Crippen molar-refractivity contribution in [2.45, 2.75) is 26.7 Å². The van der Waals surface area contributed by atoms with Gasteiger partial charge in [0.25, 0.3) is 0 Å². The number of hydrogen-bond donors (Lipinski definition) is 1. The molecule has 0 aliphatic carbocycles. The molecule has 4 heteroatoms.